The number of aryl methyl sites for hydroxylation is 1. The van der Waals surface area contributed by atoms with Crippen molar-refractivity contribution in [3.63, 3.8) is 0 Å². The van der Waals surface area contributed by atoms with Crippen molar-refractivity contribution in [2.24, 2.45) is 0 Å². The summed E-state index contributed by atoms with van der Waals surface area (Å²) in [5, 5.41) is 2.91. The summed E-state index contributed by atoms with van der Waals surface area (Å²) in [5.41, 5.74) is 3.47. The number of hydrogen-bond acceptors (Lipinski definition) is 4. The average molecular weight is 544 g/mol. The van der Waals surface area contributed by atoms with E-state index in [0.717, 1.165) is 22.9 Å². The Morgan fingerprint density at radius 3 is 2.37 bits per heavy atom. The van der Waals surface area contributed by atoms with E-state index in [9.17, 15) is 18.4 Å². The van der Waals surface area contributed by atoms with E-state index >= 15 is 0 Å². The van der Waals surface area contributed by atoms with Crippen LogP contribution < -0.4 is 10.1 Å². The molecular weight excluding hydrogens is 520 g/mol. The lowest BCUT2D eigenvalue weighted by Gasteiger charge is -2.32. The van der Waals surface area contributed by atoms with E-state index in [-0.39, 0.29) is 17.6 Å². The number of carbonyl (C=O) groups is 2. The maximum Gasteiger partial charge on any atom is 0.387 e. The molecule has 35 heavy (non-hydrogen) atoms. The molecule has 0 spiro atoms. The largest absolute Gasteiger partial charge is 0.435 e. The summed E-state index contributed by atoms with van der Waals surface area (Å²) in [4.78, 5) is 31.4. The number of ether oxygens (including phenoxy) is 1. The third-order valence-corrected chi connectivity index (χ3v) is 6.48. The van der Waals surface area contributed by atoms with Gasteiger partial charge in [0.15, 0.2) is 0 Å². The Bertz CT molecular complexity index is 1200. The van der Waals surface area contributed by atoms with Gasteiger partial charge in [0, 0.05) is 35.0 Å². The summed E-state index contributed by atoms with van der Waals surface area (Å²) in [6, 6.07) is 15.3. The van der Waals surface area contributed by atoms with Crippen LogP contribution in [0.25, 0.3) is 0 Å². The van der Waals surface area contributed by atoms with Gasteiger partial charge in [-0.15, -0.1) is 0 Å². The van der Waals surface area contributed by atoms with E-state index in [1.165, 1.54) is 24.3 Å². The Kier molecular flexibility index (Phi) is 7.75. The molecule has 0 radical (unpaired) electrons. The molecule has 9 heteroatoms. The molecule has 1 aliphatic heterocycles. The first-order chi connectivity index (χ1) is 16.8. The van der Waals surface area contributed by atoms with Gasteiger partial charge < -0.3 is 15.0 Å². The van der Waals surface area contributed by atoms with Crippen LogP contribution in [0.1, 0.15) is 50.7 Å². The SMILES string of the molecule is Cc1ncc(Br)cc1C(=O)Nc1ccc(C2CCN(C(=O)c3ccc(OC(F)F)cc3)CC2)cc1. The number of anilines is 1. The molecule has 0 aliphatic carbocycles. The molecule has 1 saturated heterocycles. The van der Waals surface area contributed by atoms with Crippen molar-refractivity contribution in [2.75, 3.05) is 18.4 Å². The van der Waals surface area contributed by atoms with Crippen LogP contribution in [0.2, 0.25) is 0 Å². The van der Waals surface area contributed by atoms with Gasteiger partial charge in [-0.05, 0) is 89.6 Å². The number of piperidine rings is 1. The van der Waals surface area contributed by atoms with Crippen LogP contribution in [0.3, 0.4) is 0 Å². The molecule has 3 aromatic rings. The van der Waals surface area contributed by atoms with Crippen LogP contribution in [0.15, 0.2) is 65.3 Å². The molecule has 2 heterocycles. The number of aromatic nitrogens is 1. The fourth-order valence-corrected chi connectivity index (χ4v) is 4.48. The average Bonchev–Trinajstić information content (AvgIpc) is 2.86. The molecule has 1 N–H and O–H groups in total. The zero-order chi connectivity index (χ0) is 24.9. The molecule has 1 aromatic heterocycles. The molecule has 1 fully saturated rings. The zero-order valence-electron chi connectivity index (χ0n) is 19.0. The van der Waals surface area contributed by atoms with E-state index in [1.807, 2.05) is 24.3 Å². The first-order valence-electron chi connectivity index (χ1n) is 11.2. The van der Waals surface area contributed by atoms with E-state index in [4.69, 9.17) is 0 Å². The minimum absolute atomic E-state index is 0.0262. The first-order valence-corrected chi connectivity index (χ1v) is 12.0. The van der Waals surface area contributed by atoms with Gasteiger partial charge in [0.05, 0.1) is 11.3 Å². The predicted molar refractivity (Wildman–Crippen MR) is 132 cm³/mol. The zero-order valence-corrected chi connectivity index (χ0v) is 20.6. The normalized spacial score (nSPS) is 14.1. The van der Waals surface area contributed by atoms with E-state index < -0.39 is 6.61 Å². The summed E-state index contributed by atoms with van der Waals surface area (Å²) in [6.45, 7) is 0.103. The van der Waals surface area contributed by atoms with Crippen LogP contribution in [-0.4, -0.2) is 41.4 Å². The van der Waals surface area contributed by atoms with Crippen molar-refractivity contribution >= 4 is 33.4 Å². The predicted octanol–water partition coefficient (Wildman–Crippen LogP) is 6.03. The van der Waals surface area contributed by atoms with Crippen LogP contribution in [0.4, 0.5) is 14.5 Å². The number of hydrogen-bond donors (Lipinski definition) is 1. The molecule has 0 unspecified atom stereocenters. The quantitative estimate of drug-likeness (QED) is 0.412. The molecule has 182 valence electrons. The van der Waals surface area contributed by atoms with E-state index in [1.54, 1.807) is 24.1 Å². The summed E-state index contributed by atoms with van der Waals surface area (Å²) in [5.74, 6) is -0.00686. The molecule has 4 rings (SSSR count). The maximum atomic E-state index is 12.8. The molecule has 1 aliphatic rings. The molecular formula is C26H24BrF2N3O3. The van der Waals surface area contributed by atoms with E-state index in [0.29, 0.717) is 41.5 Å². The third-order valence-electron chi connectivity index (χ3n) is 6.05. The number of nitrogens with one attached hydrogen (secondary N) is 1. The highest BCUT2D eigenvalue weighted by Crippen LogP contribution is 2.30. The van der Waals surface area contributed by atoms with Gasteiger partial charge in [0.2, 0.25) is 0 Å². The number of pyridine rings is 1. The van der Waals surface area contributed by atoms with Crippen LogP contribution in [0.5, 0.6) is 5.75 Å². The first kappa shape index (κ1) is 24.8. The Morgan fingerprint density at radius 1 is 1.09 bits per heavy atom. The number of benzene rings is 2. The van der Waals surface area contributed by atoms with Gasteiger partial charge in [-0.2, -0.15) is 8.78 Å². The van der Waals surface area contributed by atoms with Gasteiger partial charge in [-0.3, -0.25) is 14.6 Å². The number of carbonyl (C=O) groups excluding carboxylic acids is 2. The van der Waals surface area contributed by atoms with Crippen molar-refractivity contribution in [3.05, 3.63) is 87.7 Å². The number of halogens is 3. The Hall–Kier alpha value is -3.33. The van der Waals surface area contributed by atoms with Gasteiger partial charge >= 0.3 is 6.61 Å². The fraction of sp³-hybridized carbons (Fsp3) is 0.269. The summed E-state index contributed by atoms with van der Waals surface area (Å²) >= 11 is 3.34. The Balaban J connectivity index is 1.32. The molecule has 0 bridgehead atoms. The molecule has 2 aromatic carbocycles. The minimum Gasteiger partial charge on any atom is -0.435 e. The third kappa shape index (κ3) is 6.22. The Labute approximate surface area is 210 Å². The van der Waals surface area contributed by atoms with Crippen molar-refractivity contribution in [1.29, 1.82) is 0 Å². The van der Waals surface area contributed by atoms with E-state index in [2.05, 4.69) is 31.0 Å². The smallest absolute Gasteiger partial charge is 0.387 e. The number of nitrogens with zero attached hydrogens (tertiary/aromatic N) is 2. The topological polar surface area (TPSA) is 71.5 Å². The maximum absolute atomic E-state index is 12.8. The minimum atomic E-state index is -2.89. The van der Waals surface area contributed by atoms with Gasteiger partial charge in [0.25, 0.3) is 11.8 Å². The van der Waals surface area contributed by atoms with Crippen LogP contribution >= 0.6 is 15.9 Å². The highest BCUT2D eigenvalue weighted by Gasteiger charge is 2.25. The standard InChI is InChI=1S/C26H24BrF2N3O3/c1-16-23(14-20(27)15-30-16)24(33)31-21-6-2-17(3-7-21)18-10-12-32(13-11-18)25(34)19-4-8-22(9-5-19)35-26(28)29/h2-9,14-15,18,26H,10-13H2,1H3,(H,31,33). The number of likely N-dealkylation sites (tertiary alicyclic amines) is 1. The van der Waals surface area contributed by atoms with Crippen LogP contribution in [-0.2, 0) is 0 Å². The lowest BCUT2D eigenvalue weighted by molar-refractivity contribution is -0.0498. The number of rotatable bonds is 6. The molecule has 0 atom stereocenters. The summed E-state index contributed by atoms with van der Waals surface area (Å²) in [7, 11) is 0. The van der Waals surface area contributed by atoms with Gasteiger partial charge in [-0.1, -0.05) is 12.1 Å². The highest BCUT2D eigenvalue weighted by atomic mass is 79.9. The second-order valence-electron chi connectivity index (χ2n) is 8.33. The monoisotopic (exact) mass is 543 g/mol. The van der Waals surface area contributed by atoms with Crippen LogP contribution in [0, 0.1) is 6.92 Å². The summed E-state index contributed by atoms with van der Waals surface area (Å²) < 4.78 is 29.7. The number of alkyl halides is 2. The second kappa shape index (κ2) is 10.9. The Morgan fingerprint density at radius 2 is 1.74 bits per heavy atom. The van der Waals surface area contributed by atoms with Gasteiger partial charge in [-0.25, -0.2) is 0 Å². The second-order valence-corrected chi connectivity index (χ2v) is 9.25. The molecule has 0 saturated carbocycles. The highest BCUT2D eigenvalue weighted by molar-refractivity contribution is 9.10. The fourth-order valence-electron chi connectivity index (χ4n) is 4.15. The van der Waals surface area contributed by atoms with Crippen molar-refractivity contribution < 1.29 is 23.1 Å². The van der Waals surface area contributed by atoms with Crippen molar-refractivity contribution in [2.45, 2.75) is 32.3 Å². The molecule has 2 amide bonds. The van der Waals surface area contributed by atoms with Gasteiger partial charge in [0.1, 0.15) is 5.75 Å². The number of amides is 2. The van der Waals surface area contributed by atoms with Crippen molar-refractivity contribution in [3.8, 4) is 5.75 Å². The van der Waals surface area contributed by atoms with Crippen molar-refractivity contribution in [1.82, 2.24) is 9.88 Å². The lowest BCUT2D eigenvalue weighted by Crippen LogP contribution is -2.37. The molecule has 6 nitrogen and oxygen atoms in total. The summed E-state index contributed by atoms with van der Waals surface area (Å²) in [6.07, 6.45) is 3.28. The lowest BCUT2D eigenvalue weighted by atomic mass is 9.89.